The summed E-state index contributed by atoms with van der Waals surface area (Å²) in [6.45, 7) is 1.65. The fraction of sp³-hybridized carbons (Fsp3) is 0.269. The molecule has 188 valence electrons. The molecule has 1 atom stereocenters. The van der Waals surface area contributed by atoms with Crippen LogP contribution in [0.25, 0.3) is 5.57 Å². The Morgan fingerprint density at radius 1 is 1.11 bits per heavy atom. The van der Waals surface area contributed by atoms with Gasteiger partial charge in [-0.25, -0.2) is 15.0 Å². The lowest BCUT2D eigenvalue weighted by Gasteiger charge is -2.41. The first-order chi connectivity index (χ1) is 18.1. The number of amides is 1. The molecule has 0 saturated carbocycles. The molecule has 2 aromatic heterocycles. The summed E-state index contributed by atoms with van der Waals surface area (Å²) in [5, 5.41) is 2.87. The van der Waals surface area contributed by atoms with E-state index in [1.165, 1.54) is 19.5 Å². The molecule has 0 fully saturated rings. The van der Waals surface area contributed by atoms with E-state index in [9.17, 15) is 4.79 Å². The fourth-order valence-corrected chi connectivity index (χ4v) is 4.73. The first-order valence-corrected chi connectivity index (χ1v) is 11.8. The zero-order valence-corrected chi connectivity index (χ0v) is 20.1. The summed E-state index contributed by atoms with van der Waals surface area (Å²) < 4.78 is 23.2. The minimum Gasteiger partial charge on any atom is -0.480 e. The Morgan fingerprint density at radius 3 is 2.76 bits per heavy atom. The number of carbonyl (C=O) groups excluding carboxylic acids is 1. The van der Waals surface area contributed by atoms with E-state index in [1.54, 1.807) is 18.3 Å². The van der Waals surface area contributed by atoms with Gasteiger partial charge in [0.1, 0.15) is 11.4 Å². The van der Waals surface area contributed by atoms with E-state index in [4.69, 9.17) is 24.7 Å². The van der Waals surface area contributed by atoms with Gasteiger partial charge in [-0.2, -0.15) is 0 Å². The van der Waals surface area contributed by atoms with Gasteiger partial charge in [0.2, 0.25) is 5.88 Å². The molecule has 0 saturated heterocycles. The lowest BCUT2D eigenvalue weighted by Crippen LogP contribution is -2.42. The maximum atomic E-state index is 12.8. The van der Waals surface area contributed by atoms with Crippen LogP contribution in [-0.4, -0.2) is 53.7 Å². The molecule has 3 aliphatic heterocycles. The highest BCUT2D eigenvalue weighted by Gasteiger charge is 2.47. The predicted molar refractivity (Wildman–Crippen MR) is 134 cm³/mol. The average Bonchev–Trinajstić information content (AvgIpc) is 2.94. The summed E-state index contributed by atoms with van der Waals surface area (Å²) in [4.78, 5) is 29.9. The van der Waals surface area contributed by atoms with Crippen LogP contribution >= 0.6 is 0 Å². The summed E-state index contributed by atoms with van der Waals surface area (Å²) in [6, 6.07) is 7.42. The van der Waals surface area contributed by atoms with Crippen LogP contribution in [0.4, 0.5) is 5.69 Å². The highest BCUT2D eigenvalue weighted by molar-refractivity contribution is 6.02. The van der Waals surface area contributed by atoms with Crippen molar-refractivity contribution < 1.29 is 23.7 Å². The second-order valence-electron chi connectivity index (χ2n) is 8.75. The topological polar surface area (TPSA) is 143 Å². The smallest absolute Gasteiger partial charge is 0.283 e. The van der Waals surface area contributed by atoms with Gasteiger partial charge in [0.25, 0.3) is 11.9 Å². The third kappa shape index (κ3) is 4.12. The van der Waals surface area contributed by atoms with Gasteiger partial charge in [-0.1, -0.05) is 6.08 Å². The van der Waals surface area contributed by atoms with Crippen molar-refractivity contribution in [3.63, 3.8) is 0 Å². The molecular weight excluding hydrogens is 476 g/mol. The monoisotopic (exact) mass is 500 g/mol. The Balaban J connectivity index is 1.39. The zero-order chi connectivity index (χ0) is 25.4. The van der Waals surface area contributed by atoms with Gasteiger partial charge in [0.05, 0.1) is 44.6 Å². The summed E-state index contributed by atoms with van der Waals surface area (Å²) in [6.07, 6.45) is 7.93. The zero-order valence-electron chi connectivity index (χ0n) is 20.1. The molecule has 0 radical (unpaired) electrons. The molecule has 3 aliphatic rings. The number of anilines is 1. The van der Waals surface area contributed by atoms with Crippen LogP contribution in [-0.2, 0) is 15.1 Å². The molecule has 0 aliphatic carbocycles. The summed E-state index contributed by atoms with van der Waals surface area (Å²) in [7, 11) is 1.48. The van der Waals surface area contributed by atoms with Crippen LogP contribution in [0.5, 0.6) is 17.4 Å². The van der Waals surface area contributed by atoms with Gasteiger partial charge in [-0.3, -0.25) is 9.78 Å². The highest BCUT2D eigenvalue weighted by atomic mass is 16.5. The second-order valence-corrected chi connectivity index (χ2v) is 8.75. The van der Waals surface area contributed by atoms with Crippen LogP contribution < -0.4 is 20.5 Å². The number of aromatic nitrogens is 3. The lowest BCUT2D eigenvalue weighted by atomic mass is 9.79. The number of benzene rings is 1. The molecule has 11 heteroatoms. The lowest BCUT2D eigenvalue weighted by molar-refractivity contribution is 0.0634. The van der Waals surface area contributed by atoms with Gasteiger partial charge < -0.3 is 30.0 Å². The molecule has 3 N–H and O–H groups in total. The predicted octanol–water partition coefficient (Wildman–Crippen LogP) is 3.02. The van der Waals surface area contributed by atoms with Crippen molar-refractivity contribution in [1.29, 1.82) is 0 Å². The number of amidine groups is 1. The van der Waals surface area contributed by atoms with Gasteiger partial charge in [-0.05, 0) is 36.3 Å². The van der Waals surface area contributed by atoms with E-state index >= 15 is 0 Å². The molecule has 11 nitrogen and oxygen atoms in total. The number of methoxy groups -OCH3 is 1. The van der Waals surface area contributed by atoms with Crippen molar-refractivity contribution in [2.75, 3.05) is 32.2 Å². The number of rotatable bonds is 4. The highest BCUT2D eigenvalue weighted by Crippen LogP contribution is 2.52. The van der Waals surface area contributed by atoms with Crippen LogP contribution in [0.15, 0.2) is 53.9 Å². The van der Waals surface area contributed by atoms with E-state index in [2.05, 4.69) is 31.3 Å². The van der Waals surface area contributed by atoms with Crippen LogP contribution in [0.1, 0.15) is 40.2 Å². The van der Waals surface area contributed by atoms with E-state index in [0.29, 0.717) is 49.2 Å². The minimum atomic E-state index is -0.969. The van der Waals surface area contributed by atoms with Crippen molar-refractivity contribution in [3.8, 4) is 17.4 Å². The molecule has 1 amide bonds. The quantitative estimate of drug-likeness (QED) is 0.552. The van der Waals surface area contributed by atoms with Crippen molar-refractivity contribution in [2.24, 2.45) is 10.7 Å². The maximum Gasteiger partial charge on any atom is 0.283 e. The number of hydrogen-bond donors (Lipinski definition) is 2. The maximum absolute atomic E-state index is 12.8. The standard InChI is InChI=1S/C26H24N6O5/c1-34-23-13-30-20(11-31-23)24(33)32-16-4-5-21-17(9-16)26(6-7-28-25(27)37-26)18-10-19(29-12-22(18)36-21)15-3-2-8-35-14-15/h3-5,9-13H,2,6-8,14H2,1H3,(H2,27,28)(H,32,33)/t26-/m0/s1. The second kappa shape index (κ2) is 9.17. The number of ether oxygens (including phenoxy) is 4. The fourth-order valence-electron chi connectivity index (χ4n) is 4.73. The van der Waals surface area contributed by atoms with Crippen LogP contribution in [0, 0.1) is 0 Å². The number of carbonyl (C=O) groups is 1. The number of hydrogen-bond acceptors (Lipinski definition) is 10. The number of pyridine rings is 1. The summed E-state index contributed by atoms with van der Waals surface area (Å²) in [5.41, 5.74) is 9.13. The number of aliphatic imine (C=N–C) groups is 1. The van der Waals surface area contributed by atoms with E-state index in [1.807, 2.05) is 12.1 Å². The Morgan fingerprint density at radius 2 is 2.00 bits per heavy atom. The van der Waals surface area contributed by atoms with Crippen LogP contribution in [0.3, 0.4) is 0 Å². The number of fused-ring (bicyclic) bond motifs is 4. The Kier molecular flexibility index (Phi) is 5.68. The Hall–Kier alpha value is -4.51. The largest absolute Gasteiger partial charge is 0.480 e. The Bertz CT molecular complexity index is 1440. The molecule has 1 aromatic carbocycles. The number of nitrogens with one attached hydrogen (secondary N) is 1. The molecule has 3 aromatic rings. The van der Waals surface area contributed by atoms with Crippen molar-refractivity contribution in [2.45, 2.75) is 18.4 Å². The molecule has 0 unspecified atom stereocenters. The van der Waals surface area contributed by atoms with Crippen molar-refractivity contribution >= 4 is 23.2 Å². The summed E-state index contributed by atoms with van der Waals surface area (Å²) in [5.74, 6) is 1.07. The van der Waals surface area contributed by atoms with Gasteiger partial charge in [0.15, 0.2) is 11.4 Å². The molecule has 37 heavy (non-hydrogen) atoms. The normalized spacial score (nSPS) is 19.9. The minimum absolute atomic E-state index is 0.0894. The van der Waals surface area contributed by atoms with E-state index in [-0.39, 0.29) is 11.7 Å². The van der Waals surface area contributed by atoms with E-state index < -0.39 is 11.5 Å². The molecule has 5 heterocycles. The number of nitrogens with zero attached hydrogens (tertiary/aromatic N) is 4. The molecule has 0 bridgehead atoms. The molecular formula is C26H24N6O5. The number of nitrogens with two attached hydrogens (primary N) is 1. The van der Waals surface area contributed by atoms with Crippen molar-refractivity contribution in [3.05, 3.63) is 71.4 Å². The third-order valence-electron chi connectivity index (χ3n) is 6.51. The van der Waals surface area contributed by atoms with Gasteiger partial charge in [-0.15, -0.1) is 0 Å². The third-order valence-corrected chi connectivity index (χ3v) is 6.51. The summed E-state index contributed by atoms with van der Waals surface area (Å²) >= 11 is 0. The van der Waals surface area contributed by atoms with Gasteiger partial charge >= 0.3 is 0 Å². The van der Waals surface area contributed by atoms with Gasteiger partial charge in [0, 0.05) is 29.8 Å². The van der Waals surface area contributed by atoms with Crippen LogP contribution in [0.2, 0.25) is 0 Å². The van der Waals surface area contributed by atoms with Crippen molar-refractivity contribution in [1.82, 2.24) is 15.0 Å². The molecule has 6 rings (SSSR count). The Labute approximate surface area is 212 Å². The van der Waals surface area contributed by atoms with E-state index in [0.717, 1.165) is 28.8 Å². The molecule has 1 spiro atoms. The average molecular weight is 501 g/mol. The first kappa shape index (κ1) is 22.9. The SMILES string of the molecule is COc1cnc(C(=O)Nc2ccc3c(c2)[C@@]2(CCN=C(N)O2)c2cc(C4=CCCOC4)ncc2O3)cn1. The first-order valence-electron chi connectivity index (χ1n) is 11.8.